The Hall–Kier alpha value is -2.81. The van der Waals surface area contributed by atoms with Crippen molar-refractivity contribution in [1.82, 2.24) is 4.90 Å². The van der Waals surface area contributed by atoms with Gasteiger partial charge in [0.15, 0.2) is 0 Å². The molecule has 0 bridgehead atoms. The van der Waals surface area contributed by atoms with E-state index in [1.54, 1.807) is 30.5 Å². The van der Waals surface area contributed by atoms with Gasteiger partial charge < -0.3 is 15.0 Å². The predicted molar refractivity (Wildman–Crippen MR) is 111 cm³/mol. The average Bonchev–Trinajstić information content (AvgIpc) is 2.70. The predicted octanol–water partition coefficient (Wildman–Crippen LogP) is 4.50. The van der Waals surface area contributed by atoms with Crippen LogP contribution >= 0.6 is 0 Å². The van der Waals surface area contributed by atoms with E-state index in [1.807, 2.05) is 17.9 Å². The zero-order chi connectivity index (χ0) is 20.8. The van der Waals surface area contributed by atoms with Gasteiger partial charge in [0.1, 0.15) is 11.6 Å². The summed E-state index contributed by atoms with van der Waals surface area (Å²) in [6.07, 6.45) is 6.27. The molecule has 0 saturated heterocycles. The monoisotopic (exact) mass is 385 g/mol. The number of carbonyl (C=O) groups is 2. The van der Waals surface area contributed by atoms with Gasteiger partial charge in [0.25, 0.3) is 5.91 Å². The lowest BCUT2D eigenvalue weighted by Gasteiger charge is -2.20. The maximum atomic E-state index is 12.6. The molecule has 1 N–H and O–H groups in total. The van der Waals surface area contributed by atoms with E-state index in [1.165, 1.54) is 0 Å². The molecule has 0 unspecified atom stereocenters. The van der Waals surface area contributed by atoms with Gasteiger partial charge in [0.2, 0.25) is 0 Å². The van der Waals surface area contributed by atoms with Crippen molar-refractivity contribution in [2.75, 3.05) is 25.0 Å². The highest BCUT2D eigenvalue weighted by atomic mass is 16.5. The molecule has 0 saturated carbocycles. The number of anilines is 1. The van der Waals surface area contributed by atoms with E-state index >= 15 is 0 Å². The van der Waals surface area contributed by atoms with E-state index in [9.17, 15) is 14.9 Å². The summed E-state index contributed by atoms with van der Waals surface area (Å²) in [6.45, 7) is 8.08. The number of ether oxygens (including phenoxy) is 1. The van der Waals surface area contributed by atoms with Crippen LogP contribution in [0.3, 0.4) is 0 Å². The van der Waals surface area contributed by atoms with Crippen molar-refractivity contribution < 1.29 is 14.3 Å². The number of hydrogen-bond donors (Lipinski definition) is 1. The largest absolute Gasteiger partial charge is 0.462 e. The van der Waals surface area contributed by atoms with Crippen LogP contribution in [0, 0.1) is 11.3 Å². The lowest BCUT2D eigenvalue weighted by molar-refractivity contribution is -0.112. The third-order valence-electron chi connectivity index (χ3n) is 4.11. The fraction of sp³-hybridized carbons (Fsp3) is 0.500. The minimum Gasteiger partial charge on any atom is -0.462 e. The summed E-state index contributed by atoms with van der Waals surface area (Å²) in [5.41, 5.74) is 0.630. The molecule has 1 aromatic carbocycles. The van der Waals surface area contributed by atoms with Gasteiger partial charge in [-0.2, -0.15) is 5.26 Å². The first kappa shape index (κ1) is 23.2. The van der Waals surface area contributed by atoms with Crippen molar-refractivity contribution in [2.24, 2.45) is 0 Å². The minimum atomic E-state index is -0.533. The van der Waals surface area contributed by atoms with E-state index in [0.29, 0.717) is 12.3 Å². The molecular formula is C22H31N3O3. The highest BCUT2D eigenvalue weighted by molar-refractivity contribution is 6.09. The first-order valence-electron chi connectivity index (χ1n) is 10.0. The van der Waals surface area contributed by atoms with Crippen LogP contribution < -0.4 is 5.32 Å². The fourth-order valence-corrected chi connectivity index (χ4v) is 2.56. The molecule has 0 heterocycles. The van der Waals surface area contributed by atoms with Crippen LogP contribution in [-0.4, -0.2) is 36.5 Å². The standard InChI is InChI=1S/C22H31N3O3/c1-4-7-14-25(13-6-3)17-18(16-23)21(26)24-20-12-10-9-11-19(20)22(27)28-15-8-5-2/h9-12,17H,4-8,13-15H2,1-3H3,(H,24,26)/b18-17-. The zero-order valence-corrected chi connectivity index (χ0v) is 17.2. The summed E-state index contributed by atoms with van der Waals surface area (Å²) in [7, 11) is 0. The zero-order valence-electron chi connectivity index (χ0n) is 17.2. The van der Waals surface area contributed by atoms with E-state index < -0.39 is 11.9 Å². The summed E-state index contributed by atoms with van der Waals surface area (Å²) in [5, 5.41) is 12.1. The van der Waals surface area contributed by atoms with Gasteiger partial charge in [-0.25, -0.2) is 4.79 Å². The van der Waals surface area contributed by atoms with Gasteiger partial charge in [-0.3, -0.25) is 4.79 Å². The molecule has 6 nitrogen and oxygen atoms in total. The highest BCUT2D eigenvalue weighted by Crippen LogP contribution is 2.17. The number of nitrogens with zero attached hydrogens (tertiary/aromatic N) is 2. The Balaban J connectivity index is 2.93. The van der Waals surface area contributed by atoms with Crippen molar-refractivity contribution in [1.29, 1.82) is 5.26 Å². The Morgan fingerprint density at radius 1 is 1.11 bits per heavy atom. The summed E-state index contributed by atoms with van der Waals surface area (Å²) in [4.78, 5) is 26.9. The number of esters is 1. The van der Waals surface area contributed by atoms with Crippen LogP contribution in [-0.2, 0) is 9.53 Å². The number of para-hydroxylation sites is 1. The molecular weight excluding hydrogens is 354 g/mol. The van der Waals surface area contributed by atoms with Crippen molar-refractivity contribution in [2.45, 2.75) is 52.9 Å². The Bertz CT molecular complexity index is 707. The highest BCUT2D eigenvalue weighted by Gasteiger charge is 2.17. The third-order valence-corrected chi connectivity index (χ3v) is 4.11. The van der Waals surface area contributed by atoms with Gasteiger partial charge in [-0.1, -0.05) is 45.7 Å². The van der Waals surface area contributed by atoms with Crippen LogP contribution in [0.4, 0.5) is 5.69 Å². The first-order chi connectivity index (χ1) is 13.6. The molecule has 152 valence electrons. The Morgan fingerprint density at radius 2 is 1.82 bits per heavy atom. The van der Waals surface area contributed by atoms with Crippen LogP contribution in [0.25, 0.3) is 0 Å². The Kier molecular flexibility index (Phi) is 11.1. The topological polar surface area (TPSA) is 82.4 Å². The molecule has 0 aromatic heterocycles. The van der Waals surface area contributed by atoms with Crippen LogP contribution in [0.2, 0.25) is 0 Å². The number of rotatable bonds is 12. The van der Waals surface area contributed by atoms with Crippen molar-refractivity contribution >= 4 is 17.6 Å². The van der Waals surface area contributed by atoms with Gasteiger partial charge in [0, 0.05) is 19.3 Å². The van der Waals surface area contributed by atoms with Gasteiger partial charge in [0.05, 0.1) is 17.9 Å². The summed E-state index contributed by atoms with van der Waals surface area (Å²) in [5.74, 6) is -1.02. The molecule has 0 aliphatic rings. The molecule has 0 atom stereocenters. The Labute approximate surface area is 168 Å². The van der Waals surface area contributed by atoms with Crippen LogP contribution in [0.5, 0.6) is 0 Å². The number of hydrogen-bond acceptors (Lipinski definition) is 5. The maximum absolute atomic E-state index is 12.6. The van der Waals surface area contributed by atoms with Gasteiger partial charge in [-0.05, 0) is 31.4 Å². The molecule has 0 radical (unpaired) electrons. The molecule has 0 aliphatic heterocycles. The molecule has 28 heavy (non-hydrogen) atoms. The summed E-state index contributed by atoms with van der Waals surface area (Å²) in [6, 6.07) is 8.63. The molecule has 0 aliphatic carbocycles. The number of nitrogens with one attached hydrogen (secondary N) is 1. The lowest BCUT2D eigenvalue weighted by Crippen LogP contribution is -2.23. The molecule has 1 aromatic rings. The minimum absolute atomic E-state index is 0.0127. The van der Waals surface area contributed by atoms with E-state index in [-0.39, 0.29) is 11.1 Å². The lowest BCUT2D eigenvalue weighted by atomic mass is 10.1. The SMILES string of the molecule is CCCCOC(=O)c1ccccc1NC(=O)/C(C#N)=C\N(CCC)CCCC. The van der Waals surface area contributed by atoms with E-state index in [2.05, 4.69) is 19.2 Å². The summed E-state index contributed by atoms with van der Waals surface area (Å²) < 4.78 is 5.24. The van der Waals surface area contributed by atoms with Gasteiger partial charge >= 0.3 is 5.97 Å². The number of unbranched alkanes of at least 4 members (excludes halogenated alkanes) is 2. The second-order valence-corrected chi connectivity index (χ2v) is 6.53. The number of carbonyl (C=O) groups excluding carboxylic acids is 2. The normalized spacial score (nSPS) is 10.9. The molecule has 1 amide bonds. The number of benzene rings is 1. The number of nitriles is 1. The second-order valence-electron chi connectivity index (χ2n) is 6.53. The third kappa shape index (κ3) is 7.83. The quantitative estimate of drug-likeness (QED) is 0.248. The van der Waals surface area contributed by atoms with Crippen LogP contribution in [0.1, 0.15) is 63.2 Å². The summed E-state index contributed by atoms with van der Waals surface area (Å²) >= 11 is 0. The second kappa shape index (κ2) is 13.4. The number of amides is 1. The van der Waals surface area contributed by atoms with E-state index in [0.717, 1.165) is 45.2 Å². The molecule has 1 rings (SSSR count). The fourth-order valence-electron chi connectivity index (χ4n) is 2.56. The van der Waals surface area contributed by atoms with Crippen molar-refractivity contribution in [3.63, 3.8) is 0 Å². The van der Waals surface area contributed by atoms with Crippen molar-refractivity contribution in [3.05, 3.63) is 41.6 Å². The van der Waals surface area contributed by atoms with E-state index in [4.69, 9.17) is 4.74 Å². The molecule has 0 spiro atoms. The average molecular weight is 386 g/mol. The molecule has 0 fully saturated rings. The Morgan fingerprint density at radius 3 is 2.46 bits per heavy atom. The van der Waals surface area contributed by atoms with Crippen LogP contribution in [0.15, 0.2) is 36.0 Å². The van der Waals surface area contributed by atoms with Crippen molar-refractivity contribution in [3.8, 4) is 6.07 Å². The maximum Gasteiger partial charge on any atom is 0.340 e. The smallest absolute Gasteiger partial charge is 0.340 e. The first-order valence-corrected chi connectivity index (χ1v) is 10.0. The molecule has 6 heteroatoms. The van der Waals surface area contributed by atoms with Gasteiger partial charge in [-0.15, -0.1) is 0 Å².